The Morgan fingerprint density at radius 2 is 1.79 bits per heavy atom. The van der Waals surface area contributed by atoms with Crippen molar-refractivity contribution in [2.75, 3.05) is 12.4 Å². The minimum absolute atomic E-state index is 0.505. The van der Waals surface area contributed by atoms with Gasteiger partial charge in [0.1, 0.15) is 0 Å². The van der Waals surface area contributed by atoms with Crippen LogP contribution >= 0.6 is 31.9 Å². The number of hydrogen-bond donors (Lipinski definition) is 1. The quantitative estimate of drug-likeness (QED) is 0.850. The zero-order valence-corrected chi connectivity index (χ0v) is 14.0. The molecule has 0 atom stereocenters. The molecule has 0 aliphatic heterocycles. The fraction of sp³-hybridized carbons (Fsp3) is 0.231. The summed E-state index contributed by atoms with van der Waals surface area (Å²) in [6, 6.07) is 4.09. The molecule has 1 N–H and O–H groups in total. The van der Waals surface area contributed by atoms with Crippen LogP contribution in [0.4, 0.5) is 11.6 Å². The van der Waals surface area contributed by atoms with Crippen LogP contribution in [0, 0.1) is 13.8 Å². The van der Waals surface area contributed by atoms with Gasteiger partial charge in [-0.05, 0) is 53.0 Å². The summed E-state index contributed by atoms with van der Waals surface area (Å²) in [6.07, 6.45) is 1.66. The average molecular weight is 387 g/mol. The van der Waals surface area contributed by atoms with Gasteiger partial charge in [0, 0.05) is 10.2 Å². The minimum Gasteiger partial charge on any atom is -0.480 e. The highest BCUT2D eigenvalue weighted by Crippen LogP contribution is 2.28. The molecule has 0 radical (unpaired) electrons. The summed E-state index contributed by atoms with van der Waals surface area (Å²) in [4.78, 5) is 8.51. The lowest BCUT2D eigenvalue weighted by molar-refractivity contribution is 0.394. The molecule has 0 fully saturated rings. The largest absolute Gasteiger partial charge is 0.480 e. The average Bonchev–Trinajstić information content (AvgIpc) is 2.35. The number of rotatable bonds is 3. The number of halogens is 2. The molecule has 0 bridgehead atoms. The van der Waals surface area contributed by atoms with Crippen LogP contribution in [0.2, 0.25) is 0 Å². The number of nitrogens with zero attached hydrogens (tertiary/aromatic N) is 2. The monoisotopic (exact) mass is 385 g/mol. The number of anilines is 2. The van der Waals surface area contributed by atoms with E-state index in [0.717, 1.165) is 25.8 Å². The van der Waals surface area contributed by atoms with Crippen LogP contribution in [0.5, 0.6) is 5.88 Å². The Labute approximate surface area is 128 Å². The van der Waals surface area contributed by atoms with Crippen molar-refractivity contribution in [3.63, 3.8) is 0 Å². The summed E-state index contributed by atoms with van der Waals surface area (Å²) < 4.78 is 6.94. The number of benzene rings is 1. The van der Waals surface area contributed by atoms with Crippen LogP contribution in [0.25, 0.3) is 0 Å². The molecule has 0 saturated heterocycles. The molecule has 1 heterocycles. The predicted molar refractivity (Wildman–Crippen MR) is 83.2 cm³/mol. The van der Waals surface area contributed by atoms with Gasteiger partial charge >= 0.3 is 0 Å². The van der Waals surface area contributed by atoms with Gasteiger partial charge in [0.05, 0.1) is 17.8 Å². The first-order valence-electron chi connectivity index (χ1n) is 5.61. The molecule has 0 spiro atoms. The molecule has 4 nitrogen and oxygen atoms in total. The molecule has 0 unspecified atom stereocenters. The molecule has 1 aromatic heterocycles. The van der Waals surface area contributed by atoms with Crippen molar-refractivity contribution in [2.24, 2.45) is 0 Å². The summed E-state index contributed by atoms with van der Waals surface area (Å²) in [5, 5.41) is 3.23. The van der Waals surface area contributed by atoms with E-state index in [0.29, 0.717) is 11.8 Å². The van der Waals surface area contributed by atoms with Gasteiger partial charge in [0.25, 0.3) is 0 Å². The summed E-state index contributed by atoms with van der Waals surface area (Å²) in [6.45, 7) is 4.08. The van der Waals surface area contributed by atoms with Gasteiger partial charge < -0.3 is 10.1 Å². The maximum Gasteiger partial charge on any atom is 0.232 e. The molecule has 100 valence electrons. The Hall–Kier alpha value is -1.14. The van der Waals surface area contributed by atoms with Gasteiger partial charge in [-0.1, -0.05) is 15.9 Å². The fourth-order valence-corrected chi connectivity index (χ4v) is 2.81. The molecule has 0 saturated carbocycles. The van der Waals surface area contributed by atoms with Gasteiger partial charge in [-0.3, -0.25) is 0 Å². The van der Waals surface area contributed by atoms with Gasteiger partial charge in [0.15, 0.2) is 0 Å². The topological polar surface area (TPSA) is 47.0 Å². The first kappa shape index (κ1) is 14.3. The lowest BCUT2D eigenvalue weighted by Crippen LogP contribution is -2.02. The summed E-state index contributed by atoms with van der Waals surface area (Å²) in [5.41, 5.74) is 3.25. The number of aryl methyl sites for hydroxylation is 2. The van der Waals surface area contributed by atoms with Crippen LogP contribution in [0.1, 0.15) is 11.1 Å². The number of nitrogens with one attached hydrogen (secondary N) is 1. The first-order chi connectivity index (χ1) is 9.01. The van der Waals surface area contributed by atoms with Crippen molar-refractivity contribution in [3.8, 4) is 5.88 Å². The van der Waals surface area contributed by atoms with Crippen molar-refractivity contribution in [2.45, 2.75) is 13.8 Å². The number of ether oxygens (including phenoxy) is 1. The van der Waals surface area contributed by atoms with E-state index in [9.17, 15) is 0 Å². The Balaban J connectivity index is 2.36. The fourth-order valence-electron chi connectivity index (χ4n) is 1.77. The van der Waals surface area contributed by atoms with Gasteiger partial charge in [-0.15, -0.1) is 0 Å². The molecular formula is C13H13Br2N3O. The highest BCUT2D eigenvalue weighted by molar-refractivity contribution is 9.10. The predicted octanol–water partition coefficient (Wildman–Crippen LogP) is 4.37. The lowest BCUT2D eigenvalue weighted by Gasteiger charge is -2.13. The van der Waals surface area contributed by atoms with E-state index >= 15 is 0 Å². The SMILES string of the molecule is COc1nc(Nc2c(C)cc(Br)cc2C)ncc1Br. The Morgan fingerprint density at radius 3 is 2.37 bits per heavy atom. The summed E-state index contributed by atoms with van der Waals surface area (Å²) in [5.74, 6) is 1.01. The zero-order valence-electron chi connectivity index (χ0n) is 10.8. The summed E-state index contributed by atoms with van der Waals surface area (Å²) >= 11 is 6.81. The van der Waals surface area contributed by atoms with Crippen LogP contribution in [-0.4, -0.2) is 17.1 Å². The van der Waals surface area contributed by atoms with E-state index in [1.54, 1.807) is 13.3 Å². The van der Waals surface area contributed by atoms with Crippen LogP contribution in [-0.2, 0) is 0 Å². The van der Waals surface area contributed by atoms with E-state index in [1.165, 1.54) is 0 Å². The Kier molecular flexibility index (Phi) is 4.42. The van der Waals surface area contributed by atoms with Crippen molar-refractivity contribution in [3.05, 3.63) is 38.4 Å². The molecule has 2 aromatic rings. The molecular weight excluding hydrogens is 374 g/mol. The van der Waals surface area contributed by atoms with Gasteiger partial charge in [-0.2, -0.15) is 4.98 Å². The van der Waals surface area contributed by atoms with Crippen LogP contribution < -0.4 is 10.1 Å². The highest BCUT2D eigenvalue weighted by atomic mass is 79.9. The maximum atomic E-state index is 5.16. The number of aromatic nitrogens is 2. The van der Waals surface area contributed by atoms with Crippen molar-refractivity contribution in [1.29, 1.82) is 0 Å². The third-order valence-electron chi connectivity index (χ3n) is 2.64. The first-order valence-corrected chi connectivity index (χ1v) is 7.20. The maximum absolute atomic E-state index is 5.16. The molecule has 6 heteroatoms. The highest BCUT2D eigenvalue weighted by Gasteiger charge is 2.09. The van der Waals surface area contributed by atoms with Crippen molar-refractivity contribution in [1.82, 2.24) is 9.97 Å². The second-order valence-corrected chi connectivity index (χ2v) is 5.86. The van der Waals surface area contributed by atoms with E-state index < -0.39 is 0 Å². The molecule has 0 aliphatic carbocycles. The third kappa shape index (κ3) is 3.25. The van der Waals surface area contributed by atoms with Gasteiger partial charge in [0.2, 0.25) is 11.8 Å². The molecule has 19 heavy (non-hydrogen) atoms. The summed E-state index contributed by atoms with van der Waals surface area (Å²) in [7, 11) is 1.58. The molecule has 1 aromatic carbocycles. The molecule has 0 aliphatic rings. The third-order valence-corrected chi connectivity index (χ3v) is 3.64. The molecule has 0 amide bonds. The van der Waals surface area contributed by atoms with Crippen LogP contribution in [0.3, 0.4) is 0 Å². The van der Waals surface area contributed by atoms with Crippen molar-refractivity contribution < 1.29 is 4.74 Å². The van der Waals surface area contributed by atoms with Gasteiger partial charge in [-0.25, -0.2) is 4.98 Å². The minimum atomic E-state index is 0.505. The zero-order chi connectivity index (χ0) is 14.0. The standard InChI is InChI=1S/C13H13Br2N3O/c1-7-4-9(14)5-8(2)11(7)17-13-16-6-10(15)12(18-13)19-3/h4-6H,1-3H3,(H,16,17,18). The number of hydrogen-bond acceptors (Lipinski definition) is 4. The second-order valence-electron chi connectivity index (χ2n) is 4.09. The smallest absolute Gasteiger partial charge is 0.232 e. The lowest BCUT2D eigenvalue weighted by atomic mass is 10.1. The normalized spacial score (nSPS) is 10.4. The molecule has 2 rings (SSSR count). The van der Waals surface area contributed by atoms with E-state index in [4.69, 9.17) is 4.74 Å². The Bertz CT molecular complexity index is 594. The van der Waals surface area contributed by atoms with E-state index in [2.05, 4.69) is 47.1 Å². The van der Waals surface area contributed by atoms with Crippen LogP contribution in [0.15, 0.2) is 27.3 Å². The van der Waals surface area contributed by atoms with E-state index in [-0.39, 0.29) is 0 Å². The van der Waals surface area contributed by atoms with E-state index in [1.807, 2.05) is 26.0 Å². The number of methoxy groups -OCH3 is 1. The second kappa shape index (κ2) is 5.88. The Morgan fingerprint density at radius 1 is 1.16 bits per heavy atom. The van der Waals surface area contributed by atoms with Crippen molar-refractivity contribution >= 4 is 43.5 Å².